The Kier molecular flexibility index (Phi) is 2.79. The summed E-state index contributed by atoms with van der Waals surface area (Å²) in [7, 11) is 3.76. The Hall–Kier alpha value is -1.97. The van der Waals surface area contributed by atoms with Gasteiger partial charge in [-0.3, -0.25) is 4.79 Å². The molecule has 4 nitrogen and oxygen atoms in total. The zero-order valence-electron chi connectivity index (χ0n) is 10.5. The lowest BCUT2D eigenvalue weighted by Crippen LogP contribution is -2.09. The molecule has 0 spiro atoms. The number of anilines is 1. The van der Waals surface area contributed by atoms with E-state index in [9.17, 15) is 4.79 Å². The fourth-order valence-corrected chi connectivity index (χ4v) is 1.68. The zero-order valence-corrected chi connectivity index (χ0v) is 10.5. The normalized spacial score (nSPS) is 10.6. The van der Waals surface area contributed by atoms with E-state index in [1.807, 2.05) is 44.1 Å². The number of rotatable bonds is 2. The molecule has 88 valence electrons. The topological polar surface area (TPSA) is 46.1 Å². The SMILES string of the molecule is CC(=O)c1cc(C)ccc2nc(N(C)C)nc1-2. The molecule has 0 atom stereocenters. The third kappa shape index (κ3) is 2.11. The van der Waals surface area contributed by atoms with Crippen molar-refractivity contribution in [1.29, 1.82) is 0 Å². The van der Waals surface area contributed by atoms with Gasteiger partial charge in [-0.25, -0.2) is 9.97 Å². The van der Waals surface area contributed by atoms with Gasteiger partial charge in [-0.2, -0.15) is 0 Å². The fourth-order valence-electron chi connectivity index (χ4n) is 1.68. The van der Waals surface area contributed by atoms with Crippen LogP contribution in [-0.2, 0) is 0 Å². The predicted molar refractivity (Wildman–Crippen MR) is 67.7 cm³/mol. The van der Waals surface area contributed by atoms with Crippen LogP contribution in [-0.4, -0.2) is 29.8 Å². The number of fused-ring (bicyclic) bond motifs is 1. The number of aromatic nitrogens is 2. The first-order valence-electron chi connectivity index (χ1n) is 5.45. The third-order valence-corrected chi connectivity index (χ3v) is 2.59. The minimum atomic E-state index is 0.0134. The second kappa shape index (κ2) is 4.13. The Morgan fingerprint density at radius 1 is 1.24 bits per heavy atom. The van der Waals surface area contributed by atoms with Crippen molar-refractivity contribution in [2.24, 2.45) is 0 Å². The van der Waals surface area contributed by atoms with E-state index in [0.29, 0.717) is 17.2 Å². The van der Waals surface area contributed by atoms with E-state index in [1.165, 1.54) is 0 Å². The average molecular weight is 229 g/mol. The van der Waals surface area contributed by atoms with E-state index >= 15 is 0 Å². The lowest BCUT2D eigenvalue weighted by Gasteiger charge is -2.04. The highest BCUT2D eigenvalue weighted by Gasteiger charge is 2.17. The van der Waals surface area contributed by atoms with Gasteiger partial charge in [-0.1, -0.05) is 11.6 Å². The van der Waals surface area contributed by atoms with Crippen LogP contribution in [0.15, 0.2) is 18.2 Å². The van der Waals surface area contributed by atoms with Gasteiger partial charge in [0.25, 0.3) is 0 Å². The zero-order chi connectivity index (χ0) is 12.6. The number of Topliss-reactive ketones (excluding diaryl/α,β-unsaturated/α-hetero) is 1. The number of carbonyl (C=O) groups excluding carboxylic acids is 1. The predicted octanol–water partition coefficient (Wildman–Crippen LogP) is 2.16. The maximum absolute atomic E-state index is 11.6. The van der Waals surface area contributed by atoms with E-state index in [1.54, 1.807) is 6.92 Å². The van der Waals surface area contributed by atoms with Crippen molar-refractivity contribution in [3.63, 3.8) is 0 Å². The number of hydrogen-bond donors (Lipinski definition) is 0. The minimum Gasteiger partial charge on any atom is -0.347 e. The summed E-state index contributed by atoms with van der Waals surface area (Å²) in [4.78, 5) is 22.3. The van der Waals surface area contributed by atoms with Crippen molar-refractivity contribution in [2.45, 2.75) is 13.8 Å². The molecule has 0 radical (unpaired) electrons. The highest BCUT2D eigenvalue weighted by Crippen LogP contribution is 2.26. The van der Waals surface area contributed by atoms with Crippen LogP contribution < -0.4 is 4.90 Å². The van der Waals surface area contributed by atoms with Crippen LogP contribution in [0, 0.1) is 6.92 Å². The maximum Gasteiger partial charge on any atom is 0.226 e. The van der Waals surface area contributed by atoms with Gasteiger partial charge in [0.15, 0.2) is 5.78 Å². The highest BCUT2D eigenvalue weighted by molar-refractivity contribution is 6.00. The number of nitrogens with zero attached hydrogens (tertiary/aromatic N) is 3. The molecular formula is C13H15N3O. The van der Waals surface area contributed by atoms with Crippen LogP contribution >= 0.6 is 0 Å². The molecule has 0 bridgehead atoms. The fraction of sp³-hybridized carbons (Fsp3) is 0.308. The third-order valence-electron chi connectivity index (χ3n) is 2.59. The first-order chi connectivity index (χ1) is 7.99. The number of ketones is 1. The first kappa shape index (κ1) is 11.5. The minimum absolute atomic E-state index is 0.0134. The summed E-state index contributed by atoms with van der Waals surface area (Å²) in [5.74, 6) is 0.644. The Balaban J connectivity index is 2.74. The summed E-state index contributed by atoms with van der Waals surface area (Å²) in [6.07, 6.45) is 0. The van der Waals surface area contributed by atoms with E-state index in [-0.39, 0.29) is 5.78 Å². The maximum atomic E-state index is 11.6. The summed E-state index contributed by atoms with van der Waals surface area (Å²) < 4.78 is 0. The van der Waals surface area contributed by atoms with Gasteiger partial charge in [0.1, 0.15) is 5.69 Å². The molecule has 2 aliphatic rings. The largest absolute Gasteiger partial charge is 0.347 e. The van der Waals surface area contributed by atoms with E-state index in [2.05, 4.69) is 9.97 Å². The van der Waals surface area contributed by atoms with Crippen molar-refractivity contribution in [1.82, 2.24) is 9.97 Å². The van der Waals surface area contributed by atoms with Crippen molar-refractivity contribution in [2.75, 3.05) is 19.0 Å². The van der Waals surface area contributed by atoms with Gasteiger partial charge >= 0.3 is 0 Å². The van der Waals surface area contributed by atoms with Gasteiger partial charge in [-0.05, 0) is 26.0 Å². The molecule has 0 amide bonds. The Bertz CT molecular complexity index is 549. The summed E-state index contributed by atoms with van der Waals surface area (Å²) in [5, 5.41) is 0. The molecule has 0 aromatic heterocycles. The van der Waals surface area contributed by atoms with Crippen LogP contribution in [0.2, 0.25) is 0 Å². The van der Waals surface area contributed by atoms with Crippen molar-refractivity contribution >= 4 is 11.7 Å². The summed E-state index contributed by atoms with van der Waals surface area (Å²) in [6, 6.07) is 5.71. The van der Waals surface area contributed by atoms with Gasteiger partial charge in [0, 0.05) is 19.7 Å². The van der Waals surface area contributed by atoms with Crippen LogP contribution in [0.1, 0.15) is 22.8 Å². The first-order valence-corrected chi connectivity index (χ1v) is 5.45. The number of imidazole rings is 1. The van der Waals surface area contributed by atoms with Crippen LogP contribution in [0.3, 0.4) is 0 Å². The Morgan fingerprint density at radius 3 is 2.53 bits per heavy atom. The monoisotopic (exact) mass is 229 g/mol. The van der Waals surface area contributed by atoms with E-state index < -0.39 is 0 Å². The number of hydrogen-bond acceptors (Lipinski definition) is 4. The smallest absolute Gasteiger partial charge is 0.226 e. The van der Waals surface area contributed by atoms with Crippen molar-refractivity contribution in [3.8, 4) is 11.4 Å². The Labute approximate surface area is 101 Å². The molecule has 4 heteroatoms. The second-order valence-corrected chi connectivity index (χ2v) is 4.34. The van der Waals surface area contributed by atoms with Gasteiger partial charge in [-0.15, -0.1) is 0 Å². The van der Waals surface area contributed by atoms with E-state index in [4.69, 9.17) is 0 Å². The average Bonchev–Trinajstić information content (AvgIpc) is 2.60. The van der Waals surface area contributed by atoms with Crippen molar-refractivity contribution < 1.29 is 4.79 Å². The molecule has 0 aromatic carbocycles. The molecule has 0 N–H and O–H groups in total. The molecule has 0 saturated heterocycles. The van der Waals surface area contributed by atoms with Crippen molar-refractivity contribution in [3.05, 3.63) is 29.3 Å². The molecule has 1 heterocycles. The highest BCUT2D eigenvalue weighted by atomic mass is 16.1. The molecule has 1 aliphatic carbocycles. The molecule has 0 unspecified atom stereocenters. The molecule has 0 aromatic rings. The lowest BCUT2D eigenvalue weighted by molar-refractivity contribution is 0.101. The molecular weight excluding hydrogens is 214 g/mol. The number of aryl methyl sites for hydroxylation is 1. The van der Waals surface area contributed by atoms with Gasteiger partial charge in [0.05, 0.1) is 5.69 Å². The quantitative estimate of drug-likeness (QED) is 0.740. The molecule has 0 saturated carbocycles. The van der Waals surface area contributed by atoms with Gasteiger partial charge in [0.2, 0.25) is 5.95 Å². The van der Waals surface area contributed by atoms with Crippen LogP contribution in [0.25, 0.3) is 11.4 Å². The standard InChI is InChI=1S/C13H15N3O/c1-8-5-6-11-12(10(7-8)9(2)17)15-13(14-11)16(3)4/h5-7H,1-4H3. The summed E-state index contributed by atoms with van der Waals surface area (Å²) in [5.41, 5.74) is 3.09. The Morgan fingerprint density at radius 2 is 1.94 bits per heavy atom. The van der Waals surface area contributed by atoms with E-state index in [0.717, 1.165) is 11.3 Å². The summed E-state index contributed by atoms with van der Waals surface area (Å²) in [6.45, 7) is 3.51. The molecule has 0 fully saturated rings. The second-order valence-electron chi connectivity index (χ2n) is 4.34. The molecule has 2 rings (SSSR count). The number of carbonyl (C=O) groups is 1. The lowest BCUT2D eigenvalue weighted by atomic mass is 10.1. The van der Waals surface area contributed by atoms with Crippen LogP contribution in [0.4, 0.5) is 5.95 Å². The van der Waals surface area contributed by atoms with Gasteiger partial charge < -0.3 is 4.90 Å². The molecule has 1 aliphatic heterocycles. The molecule has 17 heavy (non-hydrogen) atoms. The summed E-state index contributed by atoms with van der Waals surface area (Å²) >= 11 is 0. The van der Waals surface area contributed by atoms with Crippen LogP contribution in [0.5, 0.6) is 0 Å².